The molecule has 0 aromatic heterocycles. The first-order valence-corrected chi connectivity index (χ1v) is 24.1. The molecule has 324 valence electrons. The third-order valence-electron chi connectivity index (χ3n) is 10.6. The largest absolute Gasteiger partial charge is 0.759 e. The average Bonchev–Trinajstić information content (AvgIpc) is 3.07. The summed E-state index contributed by atoms with van der Waals surface area (Å²) in [6.07, 6.45) is 45.7. The van der Waals surface area contributed by atoms with Crippen molar-refractivity contribution < 1.29 is 36.7 Å². The smallest absolute Gasteiger partial charge is 0.102 e. The van der Waals surface area contributed by atoms with Crippen molar-refractivity contribution in [2.75, 3.05) is 67.6 Å². The van der Waals surface area contributed by atoms with Gasteiger partial charge in [-0.15, -0.1) is 0 Å². The van der Waals surface area contributed by atoms with Crippen LogP contribution in [0.15, 0.2) is 0 Å². The molecular formula is C44H96N2O6S. The molecule has 9 heteroatoms. The van der Waals surface area contributed by atoms with Crippen LogP contribution in [-0.2, 0) is 10.4 Å². The Labute approximate surface area is 333 Å². The Morgan fingerprint density at radius 2 is 0.491 bits per heavy atom. The van der Waals surface area contributed by atoms with Crippen LogP contribution in [0.5, 0.6) is 0 Å². The van der Waals surface area contributed by atoms with E-state index in [2.05, 4.69) is 42.0 Å². The van der Waals surface area contributed by atoms with Crippen molar-refractivity contribution in [2.45, 2.75) is 219 Å². The second-order valence-electron chi connectivity index (χ2n) is 17.2. The summed E-state index contributed by atoms with van der Waals surface area (Å²) >= 11 is 0. The fourth-order valence-corrected chi connectivity index (χ4v) is 6.94. The van der Waals surface area contributed by atoms with E-state index in [1.807, 2.05) is 0 Å². The first-order chi connectivity index (χ1) is 25.2. The van der Waals surface area contributed by atoms with E-state index in [1.54, 1.807) is 0 Å². The van der Waals surface area contributed by atoms with Gasteiger partial charge in [-0.3, -0.25) is 8.42 Å². The first-order valence-electron chi connectivity index (χ1n) is 22.8. The number of quaternary nitrogens is 2. The number of aliphatic hydroxyl groups excluding tert-OH is 2. The van der Waals surface area contributed by atoms with Gasteiger partial charge in [0.25, 0.3) is 0 Å². The Morgan fingerprint density at radius 3 is 0.642 bits per heavy atom. The maximum absolute atomic E-state index is 9.02. The Morgan fingerprint density at radius 1 is 0.340 bits per heavy atom. The molecule has 0 radical (unpaired) electrons. The van der Waals surface area contributed by atoms with Gasteiger partial charge in [0, 0.05) is 10.4 Å². The van der Waals surface area contributed by atoms with E-state index >= 15 is 0 Å². The Kier molecular flexibility index (Phi) is 46.1. The topological polar surface area (TPSA) is 121 Å². The van der Waals surface area contributed by atoms with E-state index in [0.717, 1.165) is 22.1 Å². The second-order valence-corrected chi connectivity index (χ2v) is 18.0. The number of aliphatic hydroxyl groups is 2. The molecule has 0 heterocycles. The van der Waals surface area contributed by atoms with E-state index in [1.165, 1.54) is 219 Å². The van der Waals surface area contributed by atoms with E-state index < -0.39 is 10.4 Å². The van der Waals surface area contributed by atoms with E-state index in [9.17, 15) is 0 Å². The van der Waals surface area contributed by atoms with E-state index in [0.29, 0.717) is 13.2 Å². The number of likely N-dealkylation sites (N-methyl/N-ethyl adjacent to an activating group) is 2. The minimum absolute atomic E-state index is 0.311. The highest BCUT2D eigenvalue weighted by Crippen LogP contribution is 2.16. The molecule has 0 aliphatic rings. The van der Waals surface area contributed by atoms with Gasteiger partial charge in [-0.25, -0.2) is 0 Å². The highest BCUT2D eigenvalue weighted by atomic mass is 32.3. The molecule has 8 nitrogen and oxygen atoms in total. The summed E-state index contributed by atoms with van der Waals surface area (Å²) in [5, 5.41) is 18.0. The lowest BCUT2D eigenvalue weighted by Gasteiger charge is -2.28. The molecule has 0 aliphatic carbocycles. The monoisotopic (exact) mass is 781 g/mol. The molecule has 0 fully saturated rings. The molecular weight excluding hydrogens is 685 g/mol. The predicted octanol–water partition coefficient (Wildman–Crippen LogP) is 11.3. The van der Waals surface area contributed by atoms with Crippen LogP contribution < -0.4 is 0 Å². The van der Waals surface area contributed by atoms with Crippen LogP contribution in [0.4, 0.5) is 0 Å². The van der Waals surface area contributed by atoms with Gasteiger partial charge in [-0.2, -0.15) is 0 Å². The van der Waals surface area contributed by atoms with Crippen LogP contribution in [0.3, 0.4) is 0 Å². The van der Waals surface area contributed by atoms with Gasteiger partial charge in [-0.1, -0.05) is 194 Å². The number of rotatable bonds is 38. The third kappa shape index (κ3) is 61.2. The van der Waals surface area contributed by atoms with Crippen LogP contribution in [0, 0.1) is 0 Å². The summed E-state index contributed by atoms with van der Waals surface area (Å²) in [5.74, 6) is 0. The average molecular weight is 781 g/mol. The number of unbranched alkanes of at least 4 members (excludes halogenated alkanes) is 30. The van der Waals surface area contributed by atoms with Crippen LogP contribution >= 0.6 is 0 Å². The molecule has 0 spiro atoms. The molecule has 0 rings (SSSR count). The fraction of sp³-hybridized carbons (Fsp3) is 1.00. The third-order valence-corrected chi connectivity index (χ3v) is 10.6. The van der Waals surface area contributed by atoms with Crippen molar-refractivity contribution in [3.63, 3.8) is 0 Å². The lowest BCUT2D eigenvalue weighted by atomic mass is 10.0. The minimum atomic E-state index is -5.17. The number of hydrogen-bond acceptors (Lipinski definition) is 6. The molecule has 53 heavy (non-hydrogen) atoms. The first kappa shape index (κ1) is 57.0. The quantitative estimate of drug-likeness (QED) is 0.0278. The zero-order valence-corrected chi connectivity index (χ0v) is 37.5. The zero-order valence-electron chi connectivity index (χ0n) is 36.7. The summed E-state index contributed by atoms with van der Waals surface area (Å²) in [7, 11) is 3.73. The predicted molar refractivity (Wildman–Crippen MR) is 227 cm³/mol. The molecule has 0 aromatic rings. The second kappa shape index (κ2) is 42.8. The maximum atomic E-state index is 9.02. The molecule has 0 amide bonds. The minimum Gasteiger partial charge on any atom is -0.759 e. The summed E-state index contributed by atoms with van der Waals surface area (Å²) in [5.41, 5.74) is 0. The summed E-state index contributed by atoms with van der Waals surface area (Å²) in [6.45, 7) is 9.39. The van der Waals surface area contributed by atoms with Gasteiger partial charge in [0.1, 0.15) is 13.1 Å². The molecule has 0 aromatic carbocycles. The maximum Gasteiger partial charge on any atom is 0.102 e. The van der Waals surface area contributed by atoms with Gasteiger partial charge in [0.05, 0.1) is 54.5 Å². The van der Waals surface area contributed by atoms with Crippen molar-refractivity contribution in [1.29, 1.82) is 0 Å². The van der Waals surface area contributed by atoms with Crippen LogP contribution in [0.25, 0.3) is 0 Å². The van der Waals surface area contributed by atoms with Gasteiger partial charge in [-0.05, 0) is 25.7 Å². The van der Waals surface area contributed by atoms with Crippen molar-refractivity contribution in [3.8, 4) is 0 Å². The van der Waals surface area contributed by atoms with Crippen molar-refractivity contribution >= 4 is 10.4 Å². The van der Waals surface area contributed by atoms with Crippen molar-refractivity contribution in [3.05, 3.63) is 0 Å². The van der Waals surface area contributed by atoms with Crippen molar-refractivity contribution in [1.82, 2.24) is 0 Å². The van der Waals surface area contributed by atoms with Gasteiger partial charge in [0.15, 0.2) is 0 Å². The fourth-order valence-electron chi connectivity index (χ4n) is 6.94. The van der Waals surface area contributed by atoms with Gasteiger partial charge in [0.2, 0.25) is 0 Å². The normalized spacial score (nSPS) is 12.0. The molecule has 0 aliphatic heterocycles. The van der Waals surface area contributed by atoms with E-state index in [4.69, 9.17) is 27.7 Å². The molecule has 0 bridgehead atoms. The van der Waals surface area contributed by atoms with Gasteiger partial charge >= 0.3 is 0 Å². The van der Waals surface area contributed by atoms with E-state index in [-0.39, 0.29) is 0 Å². The standard InChI is InChI=1S/2C22H48NO.H2O4S/c2*1-4-5-6-7-8-9-10-11-12-13-14-15-16-17-18-19-20-23(2,3)21-22-24;1-5(2,3)4/h2*24H,4-22H2,1-3H3;(H2,1,2,3,4)/q2*+1;/p-2. The molecule has 0 unspecified atom stereocenters. The summed E-state index contributed by atoms with van der Waals surface area (Å²) < 4.78 is 36.0. The van der Waals surface area contributed by atoms with Crippen molar-refractivity contribution in [2.24, 2.45) is 0 Å². The zero-order chi connectivity index (χ0) is 40.4. The van der Waals surface area contributed by atoms with Crippen LogP contribution in [0.1, 0.15) is 219 Å². The number of hydrogen-bond donors (Lipinski definition) is 2. The van der Waals surface area contributed by atoms with Crippen LogP contribution in [0.2, 0.25) is 0 Å². The Bertz CT molecular complexity index is 737. The summed E-state index contributed by atoms with van der Waals surface area (Å²) in [4.78, 5) is 0. The lowest BCUT2D eigenvalue weighted by Crippen LogP contribution is -2.42. The highest BCUT2D eigenvalue weighted by Gasteiger charge is 2.13. The molecule has 2 N–H and O–H groups in total. The number of nitrogens with zero attached hydrogens (tertiary/aromatic N) is 2. The SMILES string of the molecule is CCCCCCCCCCCCCCCCCC[N+](C)(C)CCO.CCCCCCCCCCCCCCCCCC[N+](C)(C)CCO.O=S(=O)([O-])[O-]. The summed E-state index contributed by atoms with van der Waals surface area (Å²) in [6, 6.07) is 0. The lowest BCUT2D eigenvalue weighted by molar-refractivity contribution is -0.890. The highest BCUT2D eigenvalue weighted by molar-refractivity contribution is 7.79. The Balaban J connectivity index is -0.000000835. The molecule has 0 saturated heterocycles. The Hall–Kier alpha value is -0.290. The molecule has 0 saturated carbocycles. The molecule has 0 atom stereocenters. The van der Waals surface area contributed by atoms with Gasteiger partial charge < -0.3 is 28.3 Å². The van der Waals surface area contributed by atoms with Crippen LogP contribution in [-0.4, -0.2) is 104 Å².